The van der Waals surface area contributed by atoms with Crippen LogP contribution in [0.1, 0.15) is 24.8 Å². The molecule has 0 aliphatic carbocycles. The van der Waals surface area contributed by atoms with Crippen molar-refractivity contribution in [1.82, 2.24) is 10.2 Å². The van der Waals surface area contributed by atoms with Crippen molar-refractivity contribution in [2.75, 3.05) is 25.4 Å². The van der Waals surface area contributed by atoms with Gasteiger partial charge in [0.2, 0.25) is 5.91 Å². The number of thiocarbonyl (C=S) groups is 1. The number of rotatable bonds is 8. The van der Waals surface area contributed by atoms with Gasteiger partial charge >= 0.3 is 5.97 Å². The molecule has 134 valence electrons. The molecule has 1 aliphatic heterocycles. The number of carbonyl (C=O) groups excluding carboxylic acids is 3. The van der Waals surface area contributed by atoms with Crippen LogP contribution in [0.4, 0.5) is 0 Å². The lowest BCUT2D eigenvalue weighted by Crippen LogP contribution is -2.39. The van der Waals surface area contributed by atoms with E-state index in [0.717, 1.165) is 5.56 Å². The number of thioether (sulfide) groups is 1. The summed E-state index contributed by atoms with van der Waals surface area (Å²) in [4.78, 5) is 37.0. The summed E-state index contributed by atoms with van der Waals surface area (Å²) in [6, 6.07) is 9.33. The zero-order valence-electron chi connectivity index (χ0n) is 13.9. The van der Waals surface area contributed by atoms with E-state index in [1.54, 1.807) is 0 Å². The summed E-state index contributed by atoms with van der Waals surface area (Å²) in [6.45, 7) is 2.15. The molecule has 1 heterocycles. The molecule has 1 aromatic carbocycles. The van der Waals surface area contributed by atoms with Gasteiger partial charge in [0.15, 0.2) is 6.61 Å². The number of nitrogens with one attached hydrogen (secondary N) is 1. The maximum Gasteiger partial charge on any atom is 0.313 e. The quantitative estimate of drug-likeness (QED) is 0.547. The van der Waals surface area contributed by atoms with E-state index in [1.807, 2.05) is 37.3 Å². The Bertz CT molecular complexity index is 635. The van der Waals surface area contributed by atoms with E-state index >= 15 is 0 Å². The van der Waals surface area contributed by atoms with Gasteiger partial charge in [0.05, 0.1) is 11.7 Å². The van der Waals surface area contributed by atoms with Crippen LogP contribution in [-0.4, -0.2) is 52.5 Å². The Labute approximate surface area is 156 Å². The molecule has 0 spiro atoms. The summed E-state index contributed by atoms with van der Waals surface area (Å²) >= 11 is 6.37. The molecule has 8 heteroatoms. The Morgan fingerprint density at radius 1 is 1.36 bits per heavy atom. The molecule has 0 bridgehead atoms. The van der Waals surface area contributed by atoms with E-state index < -0.39 is 11.9 Å². The van der Waals surface area contributed by atoms with Gasteiger partial charge in [0, 0.05) is 13.1 Å². The first-order valence-electron chi connectivity index (χ1n) is 7.98. The van der Waals surface area contributed by atoms with Crippen molar-refractivity contribution in [3.8, 4) is 0 Å². The van der Waals surface area contributed by atoms with Crippen LogP contribution in [0.5, 0.6) is 0 Å². The minimum Gasteiger partial charge on any atom is -0.455 e. The Hall–Kier alpha value is -1.93. The second-order valence-electron chi connectivity index (χ2n) is 5.43. The van der Waals surface area contributed by atoms with Crippen LogP contribution < -0.4 is 5.32 Å². The summed E-state index contributed by atoms with van der Waals surface area (Å²) in [5.41, 5.74) is 0.869. The smallest absolute Gasteiger partial charge is 0.313 e. The van der Waals surface area contributed by atoms with Crippen LogP contribution in [0.2, 0.25) is 0 Å². The third-order valence-corrected chi connectivity index (χ3v) is 5.17. The molecule has 0 radical (unpaired) electrons. The van der Waals surface area contributed by atoms with E-state index in [-0.39, 0.29) is 25.0 Å². The van der Waals surface area contributed by atoms with Crippen LogP contribution in [0.3, 0.4) is 0 Å². The van der Waals surface area contributed by atoms with E-state index in [2.05, 4.69) is 5.32 Å². The van der Waals surface area contributed by atoms with Crippen molar-refractivity contribution in [3.63, 3.8) is 0 Å². The van der Waals surface area contributed by atoms with Crippen molar-refractivity contribution in [2.24, 2.45) is 0 Å². The first-order chi connectivity index (χ1) is 12.0. The predicted molar refractivity (Wildman–Crippen MR) is 100 cm³/mol. The fourth-order valence-corrected chi connectivity index (χ4v) is 3.54. The number of benzene rings is 1. The molecule has 1 fully saturated rings. The molecule has 1 N–H and O–H groups in total. The van der Waals surface area contributed by atoms with Gasteiger partial charge in [0.25, 0.3) is 5.91 Å². The van der Waals surface area contributed by atoms with E-state index in [0.29, 0.717) is 23.0 Å². The maximum atomic E-state index is 12.2. The molecule has 6 nitrogen and oxygen atoms in total. The van der Waals surface area contributed by atoms with Crippen molar-refractivity contribution in [3.05, 3.63) is 35.9 Å². The lowest BCUT2D eigenvalue weighted by Gasteiger charge is -2.16. The lowest BCUT2D eigenvalue weighted by atomic mass is 9.97. The van der Waals surface area contributed by atoms with Crippen molar-refractivity contribution >= 4 is 46.1 Å². The summed E-state index contributed by atoms with van der Waals surface area (Å²) in [7, 11) is 0. The van der Waals surface area contributed by atoms with E-state index in [4.69, 9.17) is 17.0 Å². The van der Waals surface area contributed by atoms with Gasteiger partial charge in [0.1, 0.15) is 4.32 Å². The topological polar surface area (TPSA) is 75.7 Å². The third kappa shape index (κ3) is 5.54. The van der Waals surface area contributed by atoms with Crippen LogP contribution in [-0.2, 0) is 19.1 Å². The number of nitrogens with zero attached hydrogens (tertiary/aromatic N) is 1. The summed E-state index contributed by atoms with van der Waals surface area (Å²) < 4.78 is 5.64. The Morgan fingerprint density at radius 3 is 2.68 bits per heavy atom. The highest BCUT2D eigenvalue weighted by Crippen LogP contribution is 2.20. The highest BCUT2D eigenvalue weighted by molar-refractivity contribution is 8.23. The molecule has 0 aromatic heterocycles. The number of amides is 2. The fraction of sp³-hybridized carbons (Fsp3) is 0.412. The number of hydrogen-bond acceptors (Lipinski definition) is 6. The van der Waals surface area contributed by atoms with Gasteiger partial charge in [-0.25, -0.2) is 0 Å². The van der Waals surface area contributed by atoms with Crippen LogP contribution in [0, 0.1) is 0 Å². The van der Waals surface area contributed by atoms with E-state index in [1.165, 1.54) is 16.7 Å². The summed E-state index contributed by atoms with van der Waals surface area (Å²) in [6.07, 6.45) is 0.594. The lowest BCUT2D eigenvalue weighted by molar-refractivity contribution is -0.150. The highest BCUT2D eigenvalue weighted by atomic mass is 32.2. The molecule has 1 aliphatic rings. The SMILES string of the molecule is CC[C@@H](C(=O)OCC(=O)NCCN1C(=O)CSC1=S)c1ccccc1. The third-order valence-electron chi connectivity index (χ3n) is 3.74. The Balaban J connectivity index is 1.73. The molecule has 2 rings (SSSR count). The van der Waals surface area contributed by atoms with Crippen molar-refractivity contribution in [1.29, 1.82) is 0 Å². The monoisotopic (exact) mass is 380 g/mol. The molecule has 2 amide bonds. The number of ether oxygens (including phenoxy) is 1. The fourth-order valence-electron chi connectivity index (χ4n) is 2.42. The number of hydrogen-bond donors (Lipinski definition) is 1. The average Bonchev–Trinajstić information content (AvgIpc) is 2.93. The molecule has 0 saturated carbocycles. The predicted octanol–water partition coefficient (Wildman–Crippen LogP) is 1.70. The second kappa shape index (κ2) is 9.53. The first kappa shape index (κ1) is 19.4. The zero-order chi connectivity index (χ0) is 18.2. The molecule has 25 heavy (non-hydrogen) atoms. The summed E-state index contributed by atoms with van der Waals surface area (Å²) in [5.74, 6) is -0.907. The zero-order valence-corrected chi connectivity index (χ0v) is 15.5. The van der Waals surface area contributed by atoms with Gasteiger partial charge in [-0.1, -0.05) is 61.2 Å². The molecule has 0 unspecified atom stereocenters. The normalized spacial score (nSPS) is 15.2. The number of esters is 1. The minimum atomic E-state index is -0.420. The molecular formula is C17H20N2O4S2. The van der Waals surface area contributed by atoms with Crippen LogP contribution in [0.25, 0.3) is 0 Å². The second-order valence-corrected chi connectivity index (χ2v) is 7.04. The molecule has 1 atom stereocenters. The van der Waals surface area contributed by atoms with E-state index in [9.17, 15) is 14.4 Å². The Morgan fingerprint density at radius 2 is 2.08 bits per heavy atom. The van der Waals surface area contributed by atoms with Gasteiger partial charge < -0.3 is 10.1 Å². The molecule has 1 saturated heterocycles. The van der Waals surface area contributed by atoms with Gasteiger partial charge in [-0.3, -0.25) is 19.3 Å². The number of carbonyl (C=O) groups is 3. The first-order valence-corrected chi connectivity index (χ1v) is 9.37. The van der Waals surface area contributed by atoms with Crippen LogP contribution in [0.15, 0.2) is 30.3 Å². The molecular weight excluding hydrogens is 360 g/mol. The van der Waals surface area contributed by atoms with Gasteiger partial charge in [-0.05, 0) is 12.0 Å². The Kier molecular flexibility index (Phi) is 7.39. The largest absolute Gasteiger partial charge is 0.455 e. The average molecular weight is 380 g/mol. The van der Waals surface area contributed by atoms with Crippen LogP contribution >= 0.6 is 24.0 Å². The molecule has 1 aromatic rings. The maximum absolute atomic E-state index is 12.2. The van der Waals surface area contributed by atoms with Gasteiger partial charge in [-0.2, -0.15) is 0 Å². The highest BCUT2D eigenvalue weighted by Gasteiger charge is 2.26. The van der Waals surface area contributed by atoms with Crippen molar-refractivity contribution < 1.29 is 19.1 Å². The van der Waals surface area contributed by atoms with Crippen molar-refractivity contribution in [2.45, 2.75) is 19.3 Å². The summed E-state index contributed by atoms with van der Waals surface area (Å²) in [5, 5.41) is 2.62. The standard InChI is InChI=1S/C17H20N2O4S2/c1-2-13(12-6-4-3-5-7-12)16(22)23-10-14(20)18-8-9-19-15(21)11-25-17(19)24/h3-7,13H,2,8-11H2,1H3,(H,18,20)/t13-/m1/s1. The minimum absolute atomic E-state index is 0.0516. The van der Waals surface area contributed by atoms with Gasteiger partial charge in [-0.15, -0.1) is 0 Å².